The third-order valence-corrected chi connectivity index (χ3v) is 7.81. The van der Waals surface area contributed by atoms with Crippen molar-refractivity contribution in [2.45, 2.75) is 25.7 Å². The Morgan fingerprint density at radius 3 is 2.61 bits per heavy atom. The fourth-order valence-electron chi connectivity index (χ4n) is 4.20. The zero-order chi connectivity index (χ0) is 22.2. The summed E-state index contributed by atoms with van der Waals surface area (Å²) in [5.74, 6) is -0.401. The second-order valence-corrected chi connectivity index (χ2v) is 10.00. The molecular weight excluding hydrogens is 416 g/mol. The van der Waals surface area contributed by atoms with Crippen LogP contribution in [0.15, 0.2) is 36.4 Å². The predicted octanol–water partition coefficient (Wildman–Crippen LogP) is 2.67. The maximum absolute atomic E-state index is 12.2. The Balaban J connectivity index is 1.75. The summed E-state index contributed by atoms with van der Waals surface area (Å²) in [7, 11) is -3.21. The number of nitrogens with zero attached hydrogens (tertiary/aromatic N) is 2. The van der Waals surface area contributed by atoms with Crippen LogP contribution in [0.5, 0.6) is 0 Å². The number of amides is 1. The van der Waals surface area contributed by atoms with Gasteiger partial charge in [-0.05, 0) is 49.1 Å². The Morgan fingerprint density at radius 1 is 1.23 bits per heavy atom. The second kappa shape index (κ2) is 8.24. The molecule has 3 aromatic rings. The van der Waals surface area contributed by atoms with Crippen LogP contribution in [0, 0.1) is 0 Å². The predicted molar refractivity (Wildman–Crippen MR) is 118 cm³/mol. The fraction of sp³-hybridized carbons (Fsp3) is 0.318. The topological polar surface area (TPSA) is 126 Å². The Bertz CT molecular complexity index is 1260. The molecule has 8 nitrogen and oxygen atoms in total. The van der Waals surface area contributed by atoms with Gasteiger partial charge >= 0.3 is 0 Å². The highest BCUT2D eigenvalue weighted by Crippen LogP contribution is 2.36. The molecule has 1 aliphatic rings. The highest BCUT2D eigenvalue weighted by atomic mass is 32.2. The number of aromatic nitrogens is 2. The monoisotopic (exact) mass is 440 g/mol. The molecule has 2 heterocycles. The SMILES string of the molecule is CCS(=O)(=O)N1CCC(c2[nH]nc3c(C(N)=O)cc(-c4cccc(C=O)c4)cc23)CC1. The molecule has 0 radical (unpaired) electrons. The van der Waals surface area contributed by atoms with E-state index in [-0.39, 0.29) is 11.7 Å². The number of carbonyl (C=O) groups excluding carboxylic acids is 2. The summed E-state index contributed by atoms with van der Waals surface area (Å²) in [5.41, 5.74) is 9.40. The van der Waals surface area contributed by atoms with Crippen molar-refractivity contribution in [3.8, 4) is 11.1 Å². The number of benzene rings is 2. The van der Waals surface area contributed by atoms with Crippen LogP contribution < -0.4 is 5.73 Å². The lowest BCUT2D eigenvalue weighted by Gasteiger charge is -2.30. The summed E-state index contributed by atoms with van der Waals surface area (Å²) in [5, 5.41) is 8.21. The molecule has 1 saturated heterocycles. The lowest BCUT2D eigenvalue weighted by Crippen LogP contribution is -2.38. The molecule has 0 spiro atoms. The van der Waals surface area contributed by atoms with E-state index in [1.807, 2.05) is 12.1 Å². The summed E-state index contributed by atoms with van der Waals surface area (Å²) in [6.45, 7) is 2.55. The Morgan fingerprint density at radius 2 is 1.97 bits per heavy atom. The number of primary amides is 1. The zero-order valence-electron chi connectivity index (χ0n) is 17.2. The average Bonchev–Trinajstić information content (AvgIpc) is 3.22. The third kappa shape index (κ3) is 3.98. The molecule has 0 bridgehead atoms. The van der Waals surface area contributed by atoms with Gasteiger partial charge in [0.2, 0.25) is 10.0 Å². The normalized spacial score (nSPS) is 15.9. The molecule has 0 aliphatic carbocycles. The van der Waals surface area contributed by atoms with Crippen LogP contribution in [0.25, 0.3) is 22.0 Å². The van der Waals surface area contributed by atoms with Crippen molar-refractivity contribution in [2.75, 3.05) is 18.8 Å². The third-order valence-electron chi connectivity index (χ3n) is 5.93. The highest BCUT2D eigenvalue weighted by molar-refractivity contribution is 7.89. The van der Waals surface area contributed by atoms with Crippen molar-refractivity contribution in [1.29, 1.82) is 0 Å². The van der Waals surface area contributed by atoms with Gasteiger partial charge in [-0.25, -0.2) is 12.7 Å². The first kappa shape index (κ1) is 21.2. The standard InChI is InChI=1S/C22H24N4O4S/c1-2-31(29,30)26-8-6-15(7-9-26)20-18-11-17(16-5-3-4-14(10-16)13-27)12-19(22(23)28)21(18)25-24-20/h3-5,10-13,15H,2,6-9H2,1H3,(H2,23,28)(H,24,25). The van der Waals surface area contributed by atoms with Gasteiger partial charge in [-0.2, -0.15) is 5.10 Å². The number of fused-ring (bicyclic) bond motifs is 1. The van der Waals surface area contributed by atoms with E-state index in [0.717, 1.165) is 28.5 Å². The summed E-state index contributed by atoms with van der Waals surface area (Å²) >= 11 is 0. The van der Waals surface area contributed by atoms with Crippen molar-refractivity contribution >= 4 is 33.1 Å². The number of carbonyl (C=O) groups is 2. The van der Waals surface area contributed by atoms with Crippen LogP contribution in [0.2, 0.25) is 0 Å². The quantitative estimate of drug-likeness (QED) is 0.570. The molecule has 1 aromatic heterocycles. The first-order valence-electron chi connectivity index (χ1n) is 10.2. The van der Waals surface area contributed by atoms with E-state index in [1.165, 1.54) is 4.31 Å². The van der Waals surface area contributed by atoms with E-state index in [0.29, 0.717) is 42.6 Å². The van der Waals surface area contributed by atoms with Gasteiger partial charge in [-0.1, -0.05) is 18.2 Å². The Kier molecular flexibility index (Phi) is 5.63. The summed E-state index contributed by atoms with van der Waals surface area (Å²) in [6, 6.07) is 10.8. The maximum Gasteiger partial charge on any atom is 0.251 e. The summed E-state index contributed by atoms with van der Waals surface area (Å²) in [4.78, 5) is 23.3. The van der Waals surface area contributed by atoms with Crippen molar-refractivity contribution < 1.29 is 18.0 Å². The molecule has 3 N–H and O–H groups in total. The number of sulfonamides is 1. The van der Waals surface area contributed by atoms with Crippen molar-refractivity contribution in [1.82, 2.24) is 14.5 Å². The lowest BCUT2D eigenvalue weighted by atomic mass is 9.90. The van der Waals surface area contributed by atoms with Crippen LogP contribution in [-0.4, -0.2) is 54.0 Å². The largest absolute Gasteiger partial charge is 0.366 e. The van der Waals surface area contributed by atoms with Crippen LogP contribution in [0.4, 0.5) is 0 Å². The maximum atomic E-state index is 12.2. The molecule has 0 unspecified atom stereocenters. The number of nitrogens with two attached hydrogens (primary N) is 1. The number of aromatic amines is 1. The van der Waals surface area contributed by atoms with Crippen molar-refractivity contribution in [3.05, 3.63) is 53.2 Å². The summed E-state index contributed by atoms with van der Waals surface area (Å²) in [6.07, 6.45) is 2.10. The van der Waals surface area contributed by atoms with E-state index in [4.69, 9.17) is 5.73 Å². The van der Waals surface area contributed by atoms with E-state index < -0.39 is 15.9 Å². The second-order valence-electron chi connectivity index (χ2n) is 7.74. The number of H-pyrrole nitrogens is 1. The van der Waals surface area contributed by atoms with Crippen LogP contribution in [-0.2, 0) is 10.0 Å². The van der Waals surface area contributed by atoms with Gasteiger partial charge in [0.25, 0.3) is 5.91 Å². The van der Waals surface area contributed by atoms with Crippen LogP contribution in [0.3, 0.4) is 0 Å². The van der Waals surface area contributed by atoms with Crippen LogP contribution in [0.1, 0.15) is 52.1 Å². The molecular formula is C22H24N4O4S. The average molecular weight is 441 g/mol. The molecule has 2 aromatic carbocycles. The minimum Gasteiger partial charge on any atom is -0.366 e. The molecule has 1 aliphatic heterocycles. The number of nitrogens with one attached hydrogen (secondary N) is 1. The minimum atomic E-state index is -3.21. The van der Waals surface area contributed by atoms with Crippen molar-refractivity contribution in [2.24, 2.45) is 5.73 Å². The smallest absolute Gasteiger partial charge is 0.251 e. The van der Waals surface area contributed by atoms with Gasteiger partial charge < -0.3 is 5.73 Å². The highest BCUT2D eigenvalue weighted by Gasteiger charge is 2.29. The minimum absolute atomic E-state index is 0.0885. The number of hydrogen-bond donors (Lipinski definition) is 2. The molecule has 9 heteroatoms. The van der Waals surface area contributed by atoms with E-state index in [1.54, 1.807) is 31.2 Å². The van der Waals surface area contributed by atoms with Gasteiger partial charge in [0.1, 0.15) is 11.8 Å². The van der Waals surface area contributed by atoms with Gasteiger partial charge in [-0.3, -0.25) is 14.7 Å². The molecule has 1 fully saturated rings. The number of rotatable bonds is 6. The first-order valence-corrected chi connectivity index (χ1v) is 11.8. The van der Waals surface area contributed by atoms with Gasteiger partial charge in [-0.15, -0.1) is 0 Å². The number of aldehydes is 1. The number of piperidine rings is 1. The van der Waals surface area contributed by atoms with E-state index >= 15 is 0 Å². The van der Waals surface area contributed by atoms with Gasteiger partial charge in [0, 0.05) is 35.7 Å². The molecule has 162 valence electrons. The molecule has 4 rings (SSSR count). The zero-order valence-corrected chi connectivity index (χ0v) is 18.0. The first-order chi connectivity index (χ1) is 14.8. The summed E-state index contributed by atoms with van der Waals surface area (Å²) < 4.78 is 25.9. The van der Waals surface area contributed by atoms with Crippen molar-refractivity contribution in [3.63, 3.8) is 0 Å². The molecule has 0 atom stereocenters. The molecule has 0 saturated carbocycles. The van der Waals surface area contributed by atoms with Crippen LogP contribution >= 0.6 is 0 Å². The molecule has 1 amide bonds. The number of hydrogen-bond acceptors (Lipinski definition) is 5. The lowest BCUT2D eigenvalue weighted by molar-refractivity contribution is 0.100. The van der Waals surface area contributed by atoms with Gasteiger partial charge in [0.05, 0.1) is 11.3 Å². The Labute approximate surface area is 180 Å². The van der Waals surface area contributed by atoms with E-state index in [9.17, 15) is 18.0 Å². The Hall–Kier alpha value is -3.04. The van der Waals surface area contributed by atoms with Gasteiger partial charge in [0.15, 0.2) is 0 Å². The fourth-order valence-corrected chi connectivity index (χ4v) is 5.33. The van der Waals surface area contributed by atoms with E-state index in [2.05, 4.69) is 10.2 Å². The molecule has 31 heavy (non-hydrogen) atoms.